The Hall–Kier alpha value is -1.56. The van der Waals surface area contributed by atoms with Gasteiger partial charge in [-0.1, -0.05) is 17.7 Å². The molecule has 25 heavy (non-hydrogen) atoms. The van der Waals surface area contributed by atoms with Crippen LogP contribution in [-0.2, 0) is 11.2 Å². The number of hydrogen-bond acceptors (Lipinski definition) is 3. The molecule has 0 radical (unpaired) electrons. The van der Waals surface area contributed by atoms with E-state index in [1.807, 2.05) is 43.7 Å². The summed E-state index contributed by atoms with van der Waals surface area (Å²) < 4.78 is 1.86. The number of carbonyl (C=O) groups excluding carboxylic acids is 1. The van der Waals surface area contributed by atoms with Crippen LogP contribution >= 0.6 is 24.0 Å². The number of aromatic nitrogens is 2. The maximum absolute atomic E-state index is 12.2. The van der Waals surface area contributed by atoms with Gasteiger partial charge < -0.3 is 10.6 Å². The summed E-state index contributed by atoms with van der Waals surface area (Å²) in [5.74, 6) is 0.614. The number of halogens is 2. The van der Waals surface area contributed by atoms with Gasteiger partial charge in [0.15, 0.2) is 0 Å². The molecule has 1 amide bonds. The predicted octanol–water partition coefficient (Wildman–Crippen LogP) is 2.75. The fourth-order valence-corrected chi connectivity index (χ4v) is 3.04. The first-order chi connectivity index (χ1) is 11.5. The summed E-state index contributed by atoms with van der Waals surface area (Å²) in [5.41, 5.74) is 4.79. The van der Waals surface area contributed by atoms with Gasteiger partial charge in [0, 0.05) is 41.8 Å². The van der Waals surface area contributed by atoms with Gasteiger partial charge in [0.2, 0.25) is 5.91 Å². The van der Waals surface area contributed by atoms with Gasteiger partial charge >= 0.3 is 0 Å². The zero-order valence-electron chi connectivity index (χ0n) is 14.7. The van der Waals surface area contributed by atoms with E-state index in [1.165, 1.54) is 0 Å². The Labute approximate surface area is 159 Å². The monoisotopic (exact) mass is 382 g/mol. The van der Waals surface area contributed by atoms with E-state index >= 15 is 0 Å². The molecule has 2 N–H and O–H groups in total. The number of nitrogens with zero attached hydrogens (tertiary/aromatic N) is 2. The van der Waals surface area contributed by atoms with Gasteiger partial charge in [-0.15, -0.1) is 12.4 Å². The second-order valence-electron chi connectivity index (χ2n) is 6.50. The molecule has 3 rings (SSSR count). The lowest BCUT2D eigenvalue weighted by molar-refractivity contribution is -0.120. The number of rotatable bonds is 5. The summed E-state index contributed by atoms with van der Waals surface area (Å²) >= 11 is 6.23. The highest BCUT2D eigenvalue weighted by molar-refractivity contribution is 6.31. The molecule has 1 aromatic heterocycles. The Morgan fingerprint density at radius 2 is 2.08 bits per heavy atom. The van der Waals surface area contributed by atoms with Crippen LogP contribution in [-0.4, -0.2) is 35.3 Å². The van der Waals surface area contributed by atoms with Crippen molar-refractivity contribution < 1.29 is 4.79 Å². The predicted molar refractivity (Wildman–Crippen MR) is 103 cm³/mol. The van der Waals surface area contributed by atoms with Crippen molar-refractivity contribution in [2.24, 2.45) is 5.92 Å². The summed E-state index contributed by atoms with van der Waals surface area (Å²) in [6.07, 6.45) is 0.359. The second-order valence-corrected chi connectivity index (χ2v) is 6.91. The molecular weight excluding hydrogens is 359 g/mol. The van der Waals surface area contributed by atoms with Crippen molar-refractivity contribution in [3.63, 3.8) is 0 Å². The number of carbonyl (C=O) groups is 1. The molecule has 7 heteroatoms. The molecule has 1 aromatic carbocycles. The first-order valence-electron chi connectivity index (χ1n) is 8.24. The largest absolute Gasteiger partial charge is 0.355 e. The van der Waals surface area contributed by atoms with Gasteiger partial charge in [-0.3, -0.25) is 4.79 Å². The highest BCUT2D eigenvalue weighted by Crippen LogP contribution is 2.23. The number of amides is 1. The smallest absolute Gasteiger partial charge is 0.224 e. The number of hydrogen-bond donors (Lipinski definition) is 2. The van der Waals surface area contributed by atoms with E-state index in [9.17, 15) is 4.79 Å². The van der Waals surface area contributed by atoms with Crippen LogP contribution in [0.2, 0.25) is 5.02 Å². The van der Waals surface area contributed by atoms with Crippen LogP contribution in [0.15, 0.2) is 18.2 Å². The molecule has 2 heterocycles. The third kappa shape index (κ3) is 4.35. The van der Waals surface area contributed by atoms with E-state index in [0.29, 0.717) is 17.4 Å². The Bertz CT molecular complexity index is 769. The Morgan fingerprint density at radius 1 is 1.36 bits per heavy atom. The molecule has 0 spiro atoms. The highest BCUT2D eigenvalue weighted by Gasteiger charge is 2.19. The quantitative estimate of drug-likeness (QED) is 0.835. The van der Waals surface area contributed by atoms with Crippen molar-refractivity contribution in [1.82, 2.24) is 20.4 Å². The summed E-state index contributed by atoms with van der Waals surface area (Å²) in [7, 11) is 0. The molecule has 0 saturated carbocycles. The molecule has 0 unspecified atom stereocenters. The Balaban J connectivity index is 0.00000225. The lowest BCUT2D eigenvalue weighted by atomic mass is 10.0. The first kappa shape index (κ1) is 19.8. The van der Waals surface area contributed by atoms with E-state index < -0.39 is 0 Å². The molecule has 0 aliphatic carbocycles. The average molecular weight is 383 g/mol. The second kappa shape index (κ2) is 8.21. The molecule has 1 saturated heterocycles. The zero-order chi connectivity index (χ0) is 17.3. The van der Waals surface area contributed by atoms with Crippen LogP contribution < -0.4 is 10.6 Å². The third-order valence-electron chi connectivity index (χ3n) is 4.63. The lowest BCUT2D eigenvalue weighted by Crippen LogP contribution is -2.48. The number of aryl methyl sites for hydroxylation is 2. The van der Waals surface area contributed by atoms with Crippen molar-refractivity contribution >= 4 is 29.9 Å². The fraction of sp³-hybridized carbons (Fsp3) is 0.444. The third-order valence-corrected chi connectivity index (χ3v) is 5.04. The fourth-order valence-electron chi connectivity index (χ4n) is 2.87. The molecule has 2 aromatic rings. The van der Waals surface area contributed by atoms with E-state index in [1.54, 1.807) is 0 Å². The van der Waals surface area contributed by atoms with Gasteiger partial charge in [-0.25, -0.2) is 4.68 Å². The van der Waals surface area contributed by atoms with Crippen LogP contribution in [0.1, 0.15) is 22.5 Å². The highest BCUT2D eigenvalue weighted by atomic mass is 35.5. The first-order valence-corrected chi connectivity index (χ1v) is 8.62. The van der Waals surface area contributed by atoms with Gasteiger partial charge in [0.1, 0.15) is 0 Å². The van der Waals surface area contributed by atoms with Crippen molar-refractivity contribution in [3.8, 4) is 5.69 Å². The van der Waals surface area contributed by atoms with E-state index in [-0.39, 0.29) is 18.3 Å². The van der Waals surface area contributed by atoms with Crippen molar-refractivity contribution in [2.75, 3.05) is 19.6 Å². The number of nitrogens with one attached hydrogen (secondary N) is 2. The minimum Gasteiger partial charge on any atom is -0.355 e. The molecule has 136 valence electrons. The summed E-state index contributed by atoms with van der Waals surface area (Å²) in [6, 6.07) is 5.88. The van der Waals surface area contributed by atoms with Crippen LogP contribution in [0.3, 0.4) is 0 Å². The molecular formula is C18H24Cl2N4O. The van der Waals surface area contributed by atoms with Crippen molar-refractivity contribution in [3.05, 3.63) is 45.7 Å². The minimum atomic E-state index is 0. The summed E-state index contributed by atoms with van der Waals surface area (Å²) in [5, 5.41) is 11.5. The van der Waals surface area contributed by atoms with Crippen molar-refractivity contribution in [2.45, 2.75) is 27.2 Å². The van der Waals surface area contributed by atoms with Gasteiger partial charge in [0.25, 0.3) is 0 Å². The standard InChI is InChI=1S/C18H23ClN4O.ClH/c1-11-4-5-15(6-17(11)19)23-13(3)16(12(2)22-23)7-18(24)21-10-14-8-20-9-14;/h4-6,14,20H,7-10H2,1-3H3,(H,21,24);1H. The van der Waals surface area contributed by atoms with Crippen LogP contribution in [0.5, 0.6) is 0 Å². The number of benzene rings is 1. The minimum absolute atomic E-state index is 0. The van der Waals surface area contributed by atoms with Gasteiger partial charge in [-0.2, -0.15) is 5.10 Å². The Kier molecular flexibility index (Phi) is 6.49. The topological polar surface area (TPSA) is 59.0 Å². The van der Waals surface area contributed by atoms with E-state index in [4.69, 9.17) is 11.6 Å². The summed E-state index contributed by atoms with van der Waals surface area (Å²) in [6.45, 7) is 8.63. The SMILES string of the molecule is Cc1ccc(-n2nc(C)c(CC(=O)NCC3CNC3)c2C)cc1Cl.Cl. The Morgan fingerprint density at radius 3 is 2.68 bits per heavy atom. The maximum Gasteiger partial charge on any atom is 0.224 e. The van der Waals surface area contributed by atoms with Crippen molar-refractivity contribution in [1.29, 1.82) is 0 Å². The van der Waals surface area contributed by atoms with Gasteiger partial charge in [-0.05, 0) is 38.5 Å². The molecule has 0 bridgehead atoms. The molecule has 1 fully saturated rings. The zero-order valence-corrected chi connectivity index (χ0v) is 16.3. The van der Waals surface area contributed by atoms with Crippen LogP contribution in [0, 0.1) is 26.7 Å². The van der Waals surface area contributed by atoms with Gasteiger partial charge in [0.05, 0.1) is 17.8 Å². The van der Waals surface area contributed by atoms with E-state index in [2.05, 4.69) is 15.7 Å². The van der Waals surface area contributed by atoms with Crippen LogP contribution in [0.25, 0.3) is 5.69 Å². The molecule has 0 atom stereocenters. The molecule has 1 aliphatic heterocycles. The average Bonchev–Trinajstić information content (AvgIpc) is 2.77. The normalized spacial score (nSPS) is 13.9. The lowest BCUT2D eigenvalue weighted by Gasteiger charge is -2.27. The summed E-state index contributed by atoms with van der Waals surface area (Å²) in [4.78, 5) is 12.2. The van der Waals surface area contributed by atoms with E-state index in [0.717, 1.165) is 47.8 Å². The molecule has 5 nitrogen and oxygen atoms in total. The maximum atomic E-state index is 12.2. The molecule has 1 aliphatic rings. The van der Waals surface area contributed by atoms with Crippen LogP contribution in [0.4, 0.5) is 0 Å².